The number of ether oxygens (including phenoxy) is 1. The fourth-order valence-corrected chi connectivity index (χ4v) is 2.46. The molecule has 0 aliphatic heterocycles. The van der Waals surface area contributed by atoms with E-state index in [1.165, 1.54) is 12.3 Å². The summed E-state index contributed by atoms with van der Waals surface area (Å²) in [6.45, 7) is 0. The summed E-state index contributed by atoms with van der Waals surface area (Å²) < 4.78 is 19.4. The Morgan fingerprint density at radius 2 is 1.95 bits per heavy atom. The average molecular weight is 332 g/mol. The van der Waals surface area contributed by atoms with Crippen molar-refractivity contribution in [1.29, 1.82) is 0 Å². The molecule has 0 spiro atoms. The molecule has 0 aliphatic carbocycles. The highest BCUT2D eigenvalue weighted by molar-refractivity contribution is 9.08. The third-order valence-electron chi connectivity index (χ3n) is 2.98. The number of hydrogen-bond donors (Lipinski definition) is 0. The van der Waals surface area contributed by atoms with Crippen molar-refractivity contribution < 1.29 is 9.13 Å². The van der Waals surface area contributed by atoms with E-state index in [1.54, 1.807) is 12.1 Å². The quantitative estimate of drug-likeness (QED) is 0.626. The number of halogens is 2. The zero-order valence-electron chi connectivity index (χ0n) is 10.5. The molecule has 0 radical (unpaired) electrons. The van der Waals surface area contributed by atoms with Gasteiger partial charge in [-0.25, -0.2) is 9.37 Å². The lowest BCUT2D eigenvalue weighted by Gasteiger charge is -2.09. The van der Waals surface area contributed by atoms with Crippen molar-refractivity contribution in [3.63, 3.8) is 0 Å². The summed E-state index contributed by atoms with van der Waals surface area (Å²) in [6, 6.07) is 14.4. The van der Waals surface area contributed by atoms with Crippen molar-refractivity contribution >= 4 is 26.8 Å². The van der Waals surface area contributed by atoms with Crippen LogP contribution in [0.2, 0.25) is 0 Å². The van der Waals surface area contributed by atoms with Crippen LogP contribution in [-0.4, -0.2) is 4.98 Å². The van der Waals surface area contributed by atoms with Gasteiger partial charge in [0.2, 0.25) is 0 Å². The Hall–Kier alpha value is -1.94. The Bertz CT molecular complexity index is 760. The minimum absolute atomic E-state index is 0.324. The van der Waals surface area contributed by atoms with Gasteiger partial charge in [-0.3, -0.25) is 0 Å². The molecule has 0 unspecified atom stereocenters. The van der Waals surface area contributed by atoms with Crippen LogP contribution in [0.1, 0.15) is 5.56 Å². The number of alkyl halides is 1. The zero-order chi connectivity index (χ0) is 13.9. The molecule has 1 aromatic heterocycles. The van der Waals surface area contributed by atoms with Crippen LogP contribution in [0.15, 0.2) is 54.7 Å². The minimum Gasteiger partial charge on any atom is -0.455 e. The van der Waals surface area contributed by atoms with Crippen LogP contribution in [0, 0.1) is 5.82 Å². The molecule has 0 amide bonds. The van der Waals surface area contributed by atoms with E-state index in [2.05, 4.69) is 20.9 Å². The van der Waals surface area contributed by atoms with E-state index in [9.17, 15) is 4.39 Å². The summed E-state index contributed by atoms with van der Waals surface area (Å²) in [5.41, 5.74) is 1.40. The van der Waals surface area contributed by atoms with Crippen molar-refractivity contribution in [1.82, 2.24) is 4.98 Å². The Balaban J connectivity index is 1.99. The van der Waals surface area contributed by atoms with Crippen molar-refractivity contribution in [3.8, 4) is 11.5 Å². The first-order valence-electron chi connectivity index (χ1n) is 6.14. The molecule has 0 fully saturated rings. The predicted molar refractivity (Wildman–Crippen MR) is 80.8 cm³/mol. The maximum Gasteiger partial charge on any atom is 0.149 e. The molecule has 1 heterocycles. The largest absolute Gasteiger partial charge is 0.455 e. The van der Waals surface area contributed by atoms with Gasteiger partial charge in [-0.05, 0) is 18.2 Å². The lowest BCUT2D eigenvalue weighted by molar-refractivity contribution is 0.477. The van der Waals surface area contributed by atoms with Gasteiger partial charge in [0.25, 0.3) is 0 Å². The number of hydrogen-bond acceptors (Lipinski definition) is 2. The van der Waals surface area contributed by atoms with Gasteiger partial charge in [-0.2, -0.15) is 0 Å². The van der Waals surface area contributed by atoms with Gasteiger partial charge in [0, 0.05) is 16.3 Å². The maximum absolute atomic E-state index is 13.6. The first-order chi connectivity index (χ1) is 9.78. The fourth-order valence-electron chi connectivity index (χ4n) is 2.00. The van der Waals surface area contributed by atoms with E-state index in [0.717, 1.165) is 16.7 Å². The van der Waals surface area contributed by atoms with Gasteiger partial charge in [0.05, 0.1) is 6.20 Å². The van der Waals surface area contributed by atoms with Gasteiger partial charge < -0.3 is 4.74 Å². The van der Waals surface area contributed by atoms with E-state index in [-0.39, 0.29) is 5.82 Å². The van der Waals surface area contributed by atoms with E-state index in [0.29, 0.717) is 16.6 Å². The number of fused-ring (bicyclic) bond motifs is 1. The molecule has 100 valence electrons. The molecule has 0 saturated heterocycles. The summed E-state index contributed by atoms with van der Waals surface area (Å²) in [7, 11) is 0. The first kappa shape index (κ1) is 13.1. The average Bonchev–Trinajstić information content (AvgIpc) is 2.48. The summed E-state index contributed by atoms with van der Waals surface area (Å²) >= 11 is 3.43. The highest BCUT2D eigenvalue weighted by Gasteiger charge is 2.06. The molecule has 3 aromatic rings. The van der Waals surface area contributed by atoms with Crippen molar-refractivity contribution in [2.75, 3.05) is 0 Å². The van der Waals surface area contributed by atoms with Crippen LogP contribution in [0.5, 0.6) is 11.5 Å². The third kappa shape index (κ3) is 2.51. The molecule has 2 nitrogen and oxygen atoms in total. The van der Waals surface area contributed by atoms with E-state index in [4.69, 9.17) is 4.74 Å². The number of rotatable bonds is 3. The van der Waals surface area contributed by atoms with Crippen molar-refractivity contribution in [2.24, 2.45) is 0 Å². The van der Waals surface area contributed by atoms with E-state index < -0.39 is 0 Å². The predicted octanol–water partition coefficient (Wildman–Crippen LogP) is 5.06. The lowest BCUT2D eigenvalue weighted by Crippen LogP contribution is -1.91. The third-order valence-corrected chi connectivity index (χ3v) is 3.59. The van der Waals surface area contributed by atoms with E-state index >= 15 is 0 Å². The Morgan fingerprint density at radius 3 is 2.80 bits per heavy atom. The number of nitrogens with zero attached hydrogens (tertiary/aromatic N) is 1. The van der Waals surface area contributed by atoms with Crippen LogP contribution in [0.25, 0.3) is 10.9 Å². The maximum atomic E-state index is 13.6. The Labute approximate surface area is 124 Å². The molecule has 0 atom stereocenters. The monoisotopic (exact) mass is 331 g/mol. The van der Waals surface area contributed by atoms with Gasteiger partial charge >= 0.3 is 0 Å². The second kappa shape index (κ2) is 5.59. The van der Waals surface area contributed by atoms with Crippen LogP contribution >= 0.6 is 15.9 Å². The molecular formula is C16H11BrFNO. The summed E-state index contributed by atoms with van der Waals surface area (Å²) in [5, 5.41) is 1.43. The second-order valence-electron chi connectivity index (χ2n) is 4.33. The highest BCUT2D eigenvalue weighted by atomic mass is 79.9. The summed E-state index contributed by atoms with van der Waals surface area (Å²) in [5.74, 6) is 1.04. The Kier molecular flexibility index (Phi) is 3.65. The number of benzene rings is 2. The van der Waals surface area contributed by atoms with Crippen LogP contribution < -0.4 is 4.74 Å². The van der Waals surface area contributed by atoms with Gasteiger partial charge in [-0.15, -0.1) is 0 Å². The number of para-hydroxylation sites is 2. The van der Waals surface area contributed by atoms with Gasteiger partial charge in [-0.1, -0.05) is 46.3 Å². The van der Waals surface area contributed by atoms with Crippen LogP contribution in [0.3, 0.4) is 0 Å². The summed E-state index contributed by atoms with van der Waals surface area (Å²) in [6.07, 6.45) is 1.54. The molecular weight excluding hydrogens is 321 g/mol. The van der Waals surface area contributed by atoms with Gasteiger partial charge in [0.1, 0.15) is 22.8 Å². The SMILES string of the molecule is Fc1cccc2cc(Oc3ccccc3CBr)cnc12. The molecule has 0 bridgehead atoms. The fraction of sp³-hybridized carbons (Fsp3) is 0.0625. The molecule has 2 aromatic carbocycles. The zero-order valence-corrected chi connectivity index (χ0v) is 12.1. The topological polar surface area (TPSA) is 22.1 Å². The number of aromatic nitrogens is 1. The molecule has 0 N–H and O–H groups in total. The lowest BCUT2D eigenvalue weighted by atomic mass is 10.2. The smallest absolute Gasteiger partial charge is 0.149 e. The standard InChI is InChI=1S/C16H11BrFNO/c17-9-12-4-1-2-7-15(12)20-13-8-11-5-3-6-14(18)16(11)19-10-13/h1-8,10H,9H2. The van der Waals surface area contributed by atoms with Crippen molar-refractivity contribution in [2.45, 2.75) is 5.33 Å². The number of pyridine rings is 1. The molecule has 0 saturated carbocycles. The van der Waals surface area contributed by atoms with Crippen LogP contribution in [0.4, 0.5) is 4.39 Å². The molecule has 0 aliphatic rings. The highest BCUT2D eigenvalue weighted by Crippen LogP contribution is 2.28. The van der Waals surface area contributed by atoms with Gasteiger partial charge in [0.15, 0.2) is 0 Å². The molecule has 20 heavy (non-hydrogen) atoms. The first-order valence-corrected chi connectivity index (χ1v) is 7.26. The molecule has 3 rings (SSSR count). The van der Waals surface area contributed by atoms with Crippen LogP contribution in [-0.2, 0) is 5.33 Å². The normalized spacial score (nSPS) is 10.7. The Morgan fingerprint density at radius 1 is 1.10 bits per heavy atom. The second-order valence-corrected chi connectivity index (χ2v) is 4.89. The molecule has 4 heteroatoms. The minimum atomic E-state index is -0.324. The van der Waals surface area contributed by atoms with Crippen molar-refractivity contribution in [3.05, 3.63) is 66.1 Å². The van der Waals surface area contributed by atoms with E-state index in [1.807, 2.05) is 30.3 Å². The summed E-state index contributed by atoms with van der Waals surface area (Å²) in [4.78, 5) is 4.12.